The molecule has 1 aromatic heterocycles. The second-order valence-corrected chi connectivity index (χ2v) is 5.05. The van der Waals surface area contributed by atoms with E-state index in [0.29, 0.717) is 10.8 Å². The smallest absolute Gasteiger partial charge is 0.343 e. The Morgan fingerprint density at radius 3 is 2.30 bits per heavy atom. The maximum Gasteiger partial charge on any atom is 0.405 e. The van der Waals surface area contributed by atoms with Gasteiger partial charge >= 0.3 is 6.18 Å². The highest BCUT2D eigenvalue weighted by molar-refractivity contribution is 6.34. The second-order valence-electron chi connectivity index (χ2n) is 4.70. The topological polar surface area (TPSA) is 29.0 Å². The van der Waals surface area contributed by atoms with Crippen LogP contribution in [-0.2, 0) is 0 Å². The van der Waals surface area contributed by atoms with Crippen molar-refractivity contribution in [2.75, 3.05) is 11.4 Å². The number of benzene rings is 1. The van der Waals surface area contributed by atoms with Gasteiger partial charge in [-0.15, -0.1) is 10.2 Å². The summed E-state index contributed by atoms with van der Waals surface area (Å²) in [5.74, 6) is 0.192. The molecule has 0 saturated carbocycles. The van der Waals surface area contributed by atoms with Crippen molar-refractivity contribution < 1.29 is 13.2 Å². The standard InChI is InChI=1S/C13H13ClF3N3/c1-8(2)20(7-13(15,16)17)12-10-6-4-3-5-9(10)11(14)18-19-12/h3-6,8H,7H2,1-2H3. The lowest BCUT2D eigenvalue weighted by Crippen LogP contribution is -2.40. The molecular formula is C13H13ClF3N3. The first-order chi connectivity index (χ1) is 9.29. The van der Waals surface area contributed by atoms with Gasteiger partial charge in [0.25, 0.3) is 0 Å². The van der Waals surface area contributed by atoms with Crippen LogP contribution in [0.15, 0.2) is 24.3 Å². The van der Waals surface area contributed by atoms with E-state index < -0.39 is 12.7 Å². The van der Waals surface area contributed by atoms with Crippen LogP contribution in [0.5, 0.6) is 0 Å². The minimum Gasteiger partial charge on any atom is -0.343 e. The Hall–Kier alpha value is -1.56. The number of alkyl halides is 3. The van der Waals surface area contributed by atoms with E-state index in [2.05, 4.69) is 10.2 Å². The molecule has 0 amide bonds. The normalized spacial score (nSPS) is 12.2. The van der Waals surface area contributed by atoms with Crippen molar-refractivity contribution in [3.05, 3.63) is 29.4 Å². The molecule has 1 aromatic carbocycles. The van der Waals surface area contributed by atoms with Crippen molar-refractivity contribution in [2.24, 2.45) is 0 Å². The number of halogens is 4. The Balaban J connectivity index is 2.57. The van der Waals surface area contributed by atoms with Gasteiger partial charge in [0.2, 0.25) is 0 Å². The number of hydrogen-bond acceptors (Lipinski definition) is 3. The SMILES string of the molecule is CC(C)N(CC(F)(F)F)c1nnc(Cl)c2ccccc12. The quantitative estimate of drug-likeness (QED) is 0.856. The van der Waals surface area contributed by atoms with E-state index in [9.17, 15) is 13.2 Å². The highest BCUT2D eigenvalue weighted by atomic mass is 35.5. The molecule has 0 unspecified atom stereocenters. The van der Waals surface area contributed by atoms with Crippen molar-refractivity contribution >= 4 is 28.2 Å². The lowest BCUT2D eigenvalue weighted by Gasteiger charge is -2.29. The van der Waals surface area contributed by atoms with Crippen LogP contribution < -0.4 is 4.90 Å². The second kappa shape index (κ2) is 5.44. The number of aromatic nitrogens is 2. The molecule has 0 spiro atoms. The van der Waals surface area contributed by atoms with Gasteiger partial charge in [0.05, 0.1) is 0 Å². The zero-order valence-corrected chi connectivity index (χ0v) is 11.7. The van der Waals surface area contributed by atoms with Gasteiger partial charge in [-0.2, -0.15) is 13.2 Å². The fourth-order valence-electron chi connectivity index (χ4n) is 1.96. The zero-order valence-electron chi connectivity index (χ0n) is 10.9. The van der Waals surface area contributed by atoms with Crippen molar-refractivity contribution in [1.82, 2.24) is 10.2 Å². The van der Waals surface area contributed by atoms with Crippen molar-refractivity contribution in [2.45, 2.75) is 26.1 Å². The number of fused-ring (bicyclic) bond motifs is 1. The van der Waals surface area contributed by atoms with Gasteiger partial charge in [0, 0.05) is 16.8 Å². The maximum absolute atomic E-state index is 12.7. The Bertz CT molecular complexity index is 613. The Kier molecular flexibility index (Phi) is 4.04. The summed E-state index contributed by atoms with van der Waals surface area (Å²) >= 11 is 5.93. The highest BCUT2D eigenvalue weighted by Gasteiger charge is 2.33. The lowest BCUT2D eigenvalue weighted by molar-refractivity contribution is -0.120. The predicted octanol–water partition coefficient (Wildman–Crippen LogP) is 4.06. The summed E-state index contributed by atoms with van der Waals surface area (Å²) in [6.45, 7) is 2.28. The van der Waals surface area contributed by atoms with E-state index in [0.717, 1.165) is 0 Å². The molecule has 0 atom stereocenters. The number of anilines is 1. The molecular weight excluding hydrogens is 291 g/mol. The van der Waals surface area contributed by atoms with Crippen molar-refractivity contribution in [3.8, 4) is 0 Å². The van der Waals surface area contributed by atoms with E-state index in [1.54, 1.807) is 38.1 Å². The first kappa shape index (κ1) is 14.8. The monoisotopic (exact) mass is 303 g/mol. The highest BCUT2D eigenvalue weighted by Crippen LogP contribution is 2.31. The Morgan fingerprint density at radius 2 is 1.75 bits per heavy atom. The van der Waals surface area contributed by atoms with Gasteiger partial charge < -0.3 is 4.90 Å². The van der Waals surface area contributed by atoms with Crippen LogP contribution >= 0.6 is 11.6 Å². The van der Waals surface area contributed by atoms with Crippen molar-refractivity contribution in [3.63, 3.8) is 0 Å². The fraction of sp³-hybridized carbons (Fsp3) is 0.385. The fourth-order valence-corrected chi connectivity index (χ4v) is 2.17. The van der Waals surface area contributed by atoms with Crippen LogP contribution in [0.2, 0.25) is 5.15 Å². The van der Waals surface area contributed by atoms with Crippen LogP contribution in [0, 0.1) is 0 Å². The lowest BCUT2D eigenvalue weighted by atomic mass is 10.1. The zero-order chi connectivity index (χ0) is 14.9. The van der Waals surface area contributed by atoms with E-state index in [-0.39, 0.29) is 17.0 Å². The van der Waals surface area contributed by atoms with Gasteiger partial charge in [0.15, 0.2) is 11.0 Å². The first-order valence-electron chi connectivity index (χ1n) is 6.04. The molecule has 1 heterocycles. The van der Waals surface area contributed by atoms with Gasteiger partial charge in [-0.3, -0.25) is 0 Å². The van der Waals surface area contributed by atoms with Crippen LogP contribution in [-0.4, -0.2) is 29.0 Å². The first-order valence-corrected chi connectivity index (χ1v) is 6.41. The number of nitrogens with zero attached hydrogens (tertiary/aromatic N) is 3. The average molecular weight is 304 g/mol. The molecule has 2 aromatic rings. The number of rotatable bonds is 3. The molecule has 0 aliphatic rings. The molecule has 3 nitrogen and oxygen atoms in total. The summed E-state index contributed by atoms with van der Waals surface area (Å²) < 4.78 is 38.1. The van der Waals surface area contributed by atoms with Gasteiger partial charge in [-0.25, -0.2) is 0 Å². The van der Waals surface area contributed by atoms with E-state index in [1.165, 1.54) is 4.90 Å². The van der Waals surface area contributed by atoms with E-state index >= 15 is 0 Å². The van der Waals surface area contributed by atoms with Crippen LogP contribution in [0.4, 0.5) is 19.0 Å². The maximum atomic E-state index is 12.7. The molecule has 0 aliphatic carbocycles. The van der Waals surface area contributed by atoms with Crippen LogP contribution in [0.25, 0.3) is 10.8 Å². The summed E-state index contributed by atoms with van der Waals surface area (Å²) in [6.07, 6.45) is -4.31. The molecule has 2 rings (SSSR count). The van der Waals surface area contributed by atoms with Gasteiger partial charge in [-0.1, -0.05) is 35.9 Å². The van der Waals surface area contributed by atoms with Crippen molar-refractivity contribution in [1.29, 1.82) is 0 Å². The van der Waals surface area contributed by atoms with Crippen LogP contribution in [0.3, 0.4) is 0 Å². The molecule has 0 fully saturated rings. The summed E-state index contributed by atoms with van der Waals surface area (Å²) in [7, 11) is 0. The molecule has 20 heavy (non-hydrogen) atoms. The minimum atomic E-state index is -4.31. The molecule has 0 radical (unpaired) electrons. The summed E-state index contributed by atoms with van der Waals surface area (Å²) in [6, 6.07) is 6.52. The summed E-state index contributed by atoms with van der Waals surface area (Å²) in [5.41, 5.74) is 0. The summed E-state index contributed by atoms with van der Waals surface area (Å²) in [5, 5.41) is 8.93. The molecule has 7 heteroatoms. The molecule has 108 valence electrons. The molecule has 0 saturated heterocycles. The molecule has 0 bridgehead atoms. The van der Waals surface area contributed by atoms with Crippen LogP contribution in [0.1, 0.15) is 13.8 Å². The van der Waals surface area contributed by atoms with E-state index in [4.69, 9.17) is 11.6 Å². The minimum absolute atomic E-state index is 0.181. The third-order valence-electron chi connectivity index (χ3n) is 2.87. The molecule has 0 N–H and O–H groups in total. The Labute approximate surface area is 119 Å². The average Bonchev–Trinajstić information content (AvgIpc) is 2.36. The number of hydrogen-bond donors (Lipinski definition) is 0. The largest absolute Gasteiger partial charge is 0.405 e. The van der Waals surface area contributed by atoms with Gasteiger partial charge in [0.1, 0.15) is 6.54 Å². The Morgan fingerprint density at radius 1 is 1.15 bits per heavy atom. The van der Waals surface area contributed by atoms with E-state index in [1.807, 2.05) is 0 Å². The third-order valence-corrected chi connectivity index (χ3v) is 3.15. The molecule has 0 aliphatic heterocycles. The predicted molar refractivity (Wildman–Crippen MR) is 73.1 cm³/mol. The third kappa shape index (κ3) is 3.12. The summed E-state index contributed by atoms with van der Waals surface area (Å²) in [4.78, 5) is 1.17. The van der Waals surface area contributed by atoms with Gasteiger partial charge in [-0.05, 0) is 13.8 Å².